The molecule has 0 aromatic rings. The Bertz CT molecular complexity index is 858. The highest BCUT2D eigenvalue weighted by atomic mass is 16.4. The van der Waals surface area contributed by atoms with E-state index in [2.05, 4.69) is 27.0 Å². The average Bonchev–Trinajstić information content (AvgIpc) is 3.09. The highest BCUT2D eigenvalue weighted by Gasteiger charge is 2.35. The van der Waals surface area contributed by atoms with Crippen molar-refractivity contribution in [3.8, 4) is 0 Å². The van der Waals surface area contributed by atoms with Crippen LogP contribution in [0.4, 0.5) is 0 Å². The highest BCUT2D eigenvalue weighted by Crippen LogP contribution is 2.07. The summed E-state index contributed by atoms with van der Waals surface area (Å²) in [5.74, 6) is -2.81. The molecule has 0 aromatic carbocycles. The molecule has 0 bridgehead atoms. The summed E-state index contributed by atoms with van der Waals surface area (Å²) in [7, 11) is 0. The van der Waals surface area contributed by atoms with Crippen molar-refractivity contribution in [3.05, 3.63) is 0 Å². The quantitative estimate of drug-likeness (QED) is 0.0337. The van der Waals surface area contributed by atoms with Gasteiger partial charge < -0.3 is 83.0 Å². The Kier molecular flexibility index (Phi) is 24.9. The van der Waals surface area contributed by atoms with Crippen LogP contribution in [0.1, 0.15) is 38.5 Å². The number of hydrogen-bond donors (Lipinski definition) is 15. The fourth-order valence-corrected chi connectivity index (χ4v) is 4.24. The third-order valence-corrected chi connectivity index (χ3v) is 7.32. The average molecular weight is 702 g/mol. The lowest BCUT2D eigenvalue weighted by molar-refractivity contribution is -0.368. The molecule has 0 aromatic heterocycles. The molecule has 0 saturated heterocycles. The molecule has 0 unspecified atom stereocenters. The smallest absolute Gasteiger partial charge is 0.251 e. The molecule has 0 aliphatic rings. The number of carbonyl (C=O) groups excluding carboxylic acids is 4. The summed E-state index contributed by atoms with van der Waals surface area (Å²) in [6.45, 7) is 0.0575. The van der Waals surface area contributed by atoms with Crippen LogP contribution in [0.5, 0.6) is 0 Å². The molecule has 4 amide bonds. The molecule has 20 heteroatoms. The first-order valence-corrected chi connectivity index (χ1v) is 16.0. The normalized spacial score (nSPS) is 16.6. The topological polar surface area (TPSA) is 350 Å². The van der Waals surface area contributed by atoms with Crippen LogP contribution in [0.25, 0.3) is 0 Å². The Morgan fingerprint density at radius 2 is 0.896 bits per heavy atom. The third-order valence-electron chi connectivity index (χ3n) is 7.32. The molecule has 0 heterocycles. The predicted octanol–water partition coefficient (Wildman–Crippen LogP) is -8.79. The van der Waals surface area contributed by atoms with E-state index in [-0.39, 0.29) is 50.8 Å². The predicted molar refractivity (Wildman–Crippen MR) is 166 cm³/mol. The fraction of sp³-hybridized carbons (Fsp3) is 0.857. The minimum absolute atomic E-state index is 0.0135. The summed E-state index contributed by atoms with van der Waals surface area (Å²) in [6, 6.07) is 0. The lowest BCUT2D eigenvalue weighted by Gasteiger charge is -2.25. The maximum absolute atomic E-state index is 12.4. The van der Waals surface area contributed by atoms with E-state index < -0.39 is 73.9 Å². The fourth-order valence-electron chi connectivity index (χ4n) is 4.24. The van der Waals surface area contributed by atoms with Crippen molar-refractivity contribution in [3.63, 3.8) is 0 Å². The molecular formula is C28H57N6O14+. The molecular weight excluding hydrogens is 644 g/mol. The molecule has 17 N–H and O–H groups in total. The van der Waals surface area contributed by atoms with Crippen LogP contribution >= 0.6 is 0 Å². The van der Waals surface area contributed by atoms with Gasteiger partial charge in [0.1, 0.15) is 36.6 Å². The lowest BCUT2D eigenvalue weighted by atomic mass is 10.0. The van der Waals surface area contributed by atoms with E-state index in [0.717, 1.165) is 32.2 Å². The van der Waals surface area contributed by atoms with Gasteiger partial charge in [-0.1, -0.05) is 6.42 Å². The molecule has 0 spiro atoms. The highest BCUT2D eigenvalue weighted by molar-refractivity contribution is 5.82. The van der Waals surface area contributed by atoms with Gasteiger partial charge in [0.05, 0.1) is 19.8 Å². The molecule has 48 heavy (non-hydrogen) atoms. The molecule has 0 saturated carbocycles. The second-order valence-corrected chi connectivity index (χ2v) is 11.2. The first-order valence-electron chi connectivity index (χ1n) is 16.0. The Labute approximate surface area is 278 Å². The van der Waals surface area contributed by atoms with Gasteiger partial charge in [-0.15, -0.1) is 0 Å². The second kappa shape index (κ2) is 26.3. The number of unbranched alkanes of at least 4 members (excludes halogenated alkanes) is 3. The van der Waals surface area contributed by atoms with Crippen LogP contribution in [-0.4, -0.2) is 194 Å². The minimum atomic E-state index is -2.09. The maximum Gasteiger partial charge on any atom is 0.251 e. The zero-order chi connectivity index (χ0) is 36.6. The SMILES string of the molecule is [NH3+]CCCCCCN(CCC(=O)NCCNC(=O)[C@@H](O)[C@@H](O)[C@@H](O)[C@H](O)CO)CCC(=O)NCCNC(=O)[C@H](O)[C@H](O)[C@H](O)[C@@H](O)CO. The van der Waals surface area contributed by atoms with Crippen LogP contribution in [0.2, 0.25) is 0 Å². The summed E-state index contributed by atoms with van der Waals surface area (Å²) in [4.78, 5) is 50.6. The van der Waals surface area contributed by atoms with E-state index in [4.69, 9.17) is 10.2 Å². The molecule has 0 rings (SSSR count). The second-order valence-electron chi connectivity index (χ2n) is 11.2. The monoisotopic (exact) mass is 701 g/mol. The third kappa shape index (κ3) is 18.8. The van der Waals surface area contributed by atoms with E-state index in [1.165, 1.54) is 0 Å². The number of rotatable bonds is 28. The maximum atomic E-state index is 12.4. The molecule has 0 fully saturated rings. The molecule has 0 radical (unpaired) electrons. The molecule has 0 aliphatic carbocycles. The van der Waals surface area contributed by atoms with Gasteiger partial charge in [-0.3, -0.25) is 19.2 Å². The minimum Gasteiger partial charge on any atom is -0.394 e. The largest absolute Gasteiger partial charge is 0.394 e. The van der Waals surface area contributed by atoms with Gasteiger partial charge in [0.15, 0.2) is 12.2 Å². The van der Waals surface area contributed by atoms with Gasteiger partial charge in [0, 0.05) is 52.1 Å². The molecule has 282 valence electrons. The van der Waals surface area contributed by atoms with E-state index in [9.17, 15) is 60.0 Å². The summed E-state index contributed by atoms with van der Waals surface area (Å²) in [6.07, 6.45) is -11.8. The van der Waals surface area contributed by atoms with Crippen molar-refractivity contribution >= 4 is 23.6 Å². The number of nitrogens with zero attached hydrogens (tertiary/aromatic N) is 1. The van der Waals surface area contributed by atoms with Crippen molar-refractivity contribution < 1.29 is 76.0 Å². The Morgan fingerprint density at radius 3 is 1.27 bits per heavy atom. The van der Waals surface area contributed by atoms with Crippen molar-refractivity contribution in [2.45, 2.75) is 87.4 Å². The summed E-state index contributed by atoms with van der Waals surface area (Å²) in [5, 5.41) is 104. The molecule has 8 atom stereocenters. The van der Waals surface area contributed by atoms with Crippen molar-refractivity contribution in [2.24, 2.45) is 0 Å². The van der Waals surface area contributed by atoms with Crippen LogP contribution in [0, 0.1) is 0 Å². The van der Waals surface area contributed by atoms with Gasteiger partial charge in [-0.2, -0.15) is 0 Å². The number of nitrogens with one attached hydrogen (secondary N) is 4. The Balaban J connectivity index is 4.61. The first kappa shape index (κ1) is 45.4. The number of aliphatic hydroxyl groups is 10. The van der Waals surface area contributed by atoms with Crippen LogP contribution in [0.15, 0.2) is 0 Å². The van der Waals surface area contributed by atoms with E-state index >= 15 is 0 Å². The van der Waals surface area contributed by atoms with E-state index in [1.54, 1.807) is 0 Å². The zero-order valence-electron chi connectivity index (χ0n) is 27.2. The summed E-state index contributed by atoms with van der Waals surface area (Å²) < 4.78 is 0. The summed E-state index contributed by atoms with van der Waals surface area (Å²) in [5.41, 5.74) is 3.81. The molecule has 20 nitrogen and oxygen atoms in total. The molecule has 0 aliphatic heterocycles. The van der Waals surface area contributed by atoms with Crippen molar-refractivity contribution in [1.82, 2.24) is 26.2 Å². The van der Waals surface area contributed by atoms with Gasteiger partial charge >= 0.3 is 0 Å². The summed E-state index contributed by atoms with van der Waals surface area (Å²) >= 11 is 0. The number of carbonyl (C=O) groups is 4. The number of amides is 4. The number of aliphatic hydroxyl groups excluding tert-OH is 10. The Hall–Kier alpha value is -2.60. The van der Waals surface area contributed by atoms with Crippen LogP contribution < -0.4 is 27.0 Å². The van der Waals surface area contributed by atoms with Crippen molar-refractivity contribution in [2.75, 3.05) is 65.6 Å². The van der Waals surface area contributed by atoms with Crippen LogP contribution in [-0.2, 0) is 19.2 Å². The van der Waals surface area contributed by atoms with Gasteiger partial charge in [-0.25, -0.2) is 0 Å². The standard InChI is InChI=1S/C28H56N6O14/c29-7-3-1-2-4-12-34(13-5-19(39)30-8-10-32-27(47)25(45)23(43)21(41)17(37)15-35)14-6-20(40)31-9-11-33-28(48)26(46)24(44)22(42)18(38)16-36/h17-18,21-26,35-38,41-46H,1-16,29H2,(H,30,39)(H,31,40)(H,32,47)(H,33,48)/p+1/t17-,18+,21+,22-,23+,24-,25+,26-. The number of hydrogen-bond acceptors (Lipinski definition) is 15. The zero-order valence-corrected chi connectivity index (χ0v) is 27.2. The van der Waals surface area contributed by atoms with E-state index in [0.29, 0.717) is 19.6 Å². The van der Waals surface area contributed by atoms with Crippen LogP contribution in [0.3, 0.4) is 0 Å². The number of quaternary nitrogens is 1. The van der Waals surface area contributed by atoms with Gasteiger partial charge in [0.25, 0.3) is 11.8 Å². The van der Waals surface area contributed by atoms with Crippen molar-refractivity contribution in [1.29, 1.82) is 0 Å². The Morgan fingerprint density at radius 1 is 0.521 bits per heavy atom. The van der Waals surface area contributed by atoms with Gasteiger partial charge in [-0.05, 0) is 25.8 Å². The lowest BCUT2D eigenvalue weighted by Crippen LogP contribution is -2.52. The van der Waals surface area contributed by atoms with E-state index in [1.807, 2.05) is 4.90 Å². The van der Waals surface area contributed by atoms with Gasteiger partial charge in [0.2, 0.25) is 11.8 Å². The first-order chi connectivity index (χ1) is 22.7.